The Kier molecular flexibility index (Phi) is 5.68. The van der Waals surface area contributed by atoms with Gasteiger partial charge in [-0.1, -0.05) is 55.5 Å². The number of carbonyl (C=O) groups is 1. The molecule has 31 heavy (non-hydrogen) atoms. The molecule has 1 aromatic heterocycles. The second kappa shape index (κ2) is 8.60. The first kappa shape index (κ1) is 20.5. The number of thiophene rings is 1. The number of para-hydroxylation sites is 1. The summed E-state index contributed by atoms with van der Waals surface area (Å²) < 4.78 is 0. The molecule has 0 aliphatic carbocycles. The Hall–Kier alpha value is -2.43. The largest absolute Gasteiger partial charge is 0.311 e. The molecule has 0 unspecified atom stereocenters. The van der Waals surface area contributed by atoms with E-state index in [1.165, 1.54) is 32.0 Å². The van der Waals surface area contributed by atoms with Crippen molar-refractivity contribution >= 4 is 22.9 Å². The van der Waals surface area contributed by atoms with Crippen LogP contribution in [0.2, 0.25) is 0 Å². The fourth-order valence-corrected chi connectivity index (χ4v) is 6.84. The van der Waals surface area contributed by atoms with Crippen LogP contribution in [0.15, 0.2) is 54.6 Å². The number of anilines is 1. The number of benzene rings is 2. The monoisotopic (exact) mass is 430 g/mol. The van der Waals surface area contributed by atoms with Gasteiger partial charge >= 0.3 is 0 Å². The van der Waals surface area contributed by atoms with Gasteiger partial charge in [0.25, 0.3) is 0 Å². The van der Waals surface area contributed by atoms with E-state index >= 15 is 0 Å². The number of fused-ring (bicyclic) bond motifs is 2. The van der Waals surface area contributed by atoms with E-state index in [0.717, 1.165) is 44.5 Å². The highest BCUT2D eigenvalue weighted by molar-refractivity contribution is 7.12. The van der Waals surface area contributed by atoms with Crippen molar-refractivity contribution in [2.45, 2.75) is 45.6 Å². The van der Waals surface area contributed by atoms with E-state index in [1.807, 2.05) is 22.3 Å². The first-order chi connectivity index (χ1) is 15.2. The summed E-state index contributed by atoms with van der Waals surface area (Å²) >= 11 is 1.93. The van der Waals surface area contributed by atoms with Crippen LogP contribution in [0.1, 0.15) is 51.4 Å². The minimum Gasteiger partial charge on any atom is -0.311 e. The van der Waals surface area contributed by atoms with Crippen LogP contribution in [-0.2, 0) is 24.1 Å². The van der Waals surface area contributed by atoms with E-state index in [0.29, 0.717) is 6.54 Å². The molecule has 3 nitrogen and oxygen atoms in total. The van der Waals surface area contributed by atoms with Crippen LogP contribution in [0.4, 0.5) is 5.69 Å². The molecular formula is C27H30N2OS. The molecule has 0 saturated heterocycles. The lowest BCUT2D eigenvalue weighted by Gasteiger charge is -2.38. The molecule has 3 heterocycles. The molecule has 1 atom stereocenters. The number of carbonyl (C=O) groups excluding carboxylic acids is 1. The number of rotatable bonds is 4. The summed E-state index contributed by atoms with van der Waals surface area (Å²) in [6.45, 7) is 6.73. The van der Waals surface area contributed by atoms with E-state index in [1.54, 1.807) is 0 Å². The number of hydrogen-bond acceptors (Lipinski definition) is 3. The molecule has 2 aromatic carbocycles. The Labute approximate surface area is 189 Å². The van der Waals surface area contributed by atoms with Gasteiger partial charge in [0.05, 0.1) is 12.6 Å². The van der Waals surface area contributed by atoms with Gasteiger partial charge in [-0.25, -0.2) is 0 Å². The quantitative estimate of drug-likeness (QED) is 0.542. The molecule has 0 spiro atoms. The lowest BCUT2D eigenvalue weighted by atomic mass is 9.91. The summed E-state index contributed by atoms with van der Waals surface area (Å²) in [5, 5.41) is 0. The summed E-state index contributed by atoms with van der Waals surface area (Å²) in [6, 6.07) is 19.3. The van der Waals surface area contributed by atoms with E-state index in [-0.39, 0.29) is 11.9 Å². The number of hydrogen-bond donors (Lipinski definition) is 0. The molecule has 0 N–H and O–H groups in total. The van der Waals surface area contributed by atoms with Gasteiger partial charge in [-0.3, -0.25) is 9.69 Å². The summed E-state index contributed by atoms with van der Waals surface area (Å²) in [5.41, 5.74) is 6.75. The number of amides is 1. The van der Waals surface area contributed by atoms with Crippen LogP contribution in [0, 0.1) is 6.92 Å². The summed E-state index contributed by atoms with van der Waals surface area (Å²) in [7, 11) is 0. The van der Waals surface area contributed by atoms with Crippen molar-refractivity contribution in [1.82, 2.24) is 4.90 Å². The van der Waals surface area contributed by atoms with Crippen molar-refractivity contribution in [3.8, 4) is 0 Å². The van der Waals surface area contributed by atoms with Gasteiger partial charge in [-0.05, 0) is 60.9 Å². The zero-order valence-corrected chi connectivity index (χ0v) is 19.3. The number of aryl methyl sites for hydroxylation is 2. The molecule has 1 amide bonds. The van der Waals surface area contributed by atoms with Crippen LogP contribution in [0.5, 0.6) is 0 Å². The zero-order chi connectivity index (χ0) is 21.4. The van der Waals surface area contributed by atoms with Gasteiger partial charge in [0.15, 0.2) is 0 Å². The Balaban J connectivity index is 1.48. The average molecular weight is 431 g/mol. The molecule has 4 heteroatoms. The maximum absolute atomic E-state index is 13.5. The minimum absolute atomic E-state index is 0.165. The summed E-state index contributed by atoms with van der Waals surface area (Å²) in [4.78, 5) is 20.8. The molecule has 2 aliphatic rings. The SMILES string of the molecule is CCc1c(C)sc2c1CCN(CC(=O)N1CCCc3ccccc31)[C@H]2c1ccccc1. The molecule has 160 valence electrons. The smallest absolute Gasteiger partial charge is 0.241 e. The van der Waals surface area contributed by atoms with Crippen LogP contribution < -0.4 is 4.90 Å². The molecule has 5 rings (SSSR count). The molecule has 0 radical (unpaired) electrons. The molecule has 0 bridgehead atoms. The van der Waals surface area contributed by atoms with Crippen molar-refractivity contribution in [3.05, 3.63) is 86.6 Å². The van der Waals surface area contributed by atoms with Crippen molar-refractivity contribution in [3.63, 3.8) is 0 Å². The fraction of sp³-hybridized carbons (Fsp3) is 0.370. The van der Waals surface area contributed by atoms with Crippen molar-refractivity contribution in [2.75, 3.05) is 24.5 Å². The highest BCUT2D eigenvalue weighted by Gasteiger charge is 2.34. The first-order valence-corrected chi connectivity index (χ1v) is 12.3. The van der Waals surface area contributed by atoms with Gasteiger partial charge in [-0.2, -0.15) is 0 Å². The van der Waals surface area contributed by atoms with Crippen molar-refractivity contribution in [1.29, 1.82) is 0 Å². The lowest BCUT2D eigenvalue weighted by molar-refractivity contribution is -0.120. The van der Waals surface area contributed by atoms with Gasteiger partial charge < -0.3 is 4.90 Å². The first-order valence-electron chi connectivity index (χ1n) is 11.5. The topological polar surface area (TPSA) is 23.6 Å². The highest BCUT2D eigenvalue weighted by atomic mass is 32.1. The van der Waals surface area contributed by atoms with E-state index in [4.69, 9.17) is 0 Å². The molecule has 3 aromatic rings. The van der Waals surface area contributed by atoms with E-state index in [9.17, 15) is 4.79 Å². The van der Waals surface area contributed by atoms with Gasteiger partial charge in [0.1, 0.15) is 0 Å². The highest BCUT2D eigenvalue weighted by Crippen LogP contribution is 2.42. The van der Waals surface area contributed by atoms with Crippen molar-refractivity contribution < 1.29 is 4.79 Å². The summed E-state index contributed by atoms with van der Waals surface area (Å²) in [6.07, 6.45) is 4.23. The second-order valence-electron chi connectivity index (χ2n) is 8.64. The predicted molar refractivity (Wildman–Crippen MR) is 129 cm³/mol. The molecular weight excluding hydrogens is 400 g/mol. The predicted octanol–water partition coefficient (Wildman–Crippen LogP) is 5.55. The minimum atomic E-state index is 0.165. The maximum atomic E-state index is 13.5. The third-order valence-electron chi connectivity index (χ3n) is 6.83. The van der Waals surface area contributed by atoms with Crippen LogP contribution >= 0.6 is 11.3 Å². The van der Waals surface area contributed by atoms with Crippen LogP contribution in [0.3, 0.4) is 0 Å². The normalized spacial score (nSPS) is 18.5. The Bertz CT molecular complexity index is 1090. The molecule has 0 fully saturated rings. The zero-order valence-electron chi connectivity index (χ0n) is 18.4. The average Bonchev–Trinajstić information content (AvgIpc) is 3.13. The molecule has 2 aliphatic heterocycles. The molecule has 0 saturated carbocycles. The number of nitrogens with zero attached hydrogens (tertiary/aromatic N) is 2. The Morgan fingerprint density at radius 2 is 1.81 bits per heavy atom. The third kappa shape index (κ3) is 3.72. The van der Waals surface area contributed by atoms with Crippen LogP contribution in [0.25, 0.3) is 0 Å². The Morgan fingerprint density at radius 1 is 1.03 bits per heavy atom. The lowest BCUT2D eigenvalue weighted by Crippen LogP contribution is -2.46. The van der Waals surface area contributed by atoms with E-state index in [2.05, 4.69) is 67.3 Å². The summed E-state index contributed by atoms with van der Waals surface area (Å²) in [5.74, 6) is 0.223. The Morgan fingerprint density at radius 3 is 2.61 bits per heavy atom. The standard InChI is InChI=1S/C27H30N2OS/c1-3-22-19(2)31-27-23(22)15-17-28(26(27)21-11-5-4-6-12-21)18-25(30)29-16-9-13-20-10-7-8-14-24(20)29/h4-8,10-12,14,26H,3,9,13,15-18H2,1-2H3/t26-/m0/s1. The van der Waals surface area contributed by atoms with Crippen LogP contribution in [-0.4, -0.2) is 30.4 Å². The fourth-order valence-electron chi connectivity index (χ4n) is 5.38. The maximum Gasteiger partial charge on any atom is 0.241 e. The van der Waals surface area contributed by atoms with E-state index < -0.39 is 0 Å². The van der Waals surface area contributed by atoms with Gasteiger partial charge in [0.2, 0.25) is 5.91 Å². The van der Waals surface area contributed by atoms with Gasteiger partial charge in [-0.15, -0.1) is 11.3 Å². The third-order valence-corrected chi connectivity index (χ3v) is 8.07. The second-order valence-corrected chi connectivity index (χ2v) is 9.90. The van der Waals surface area contributed by atoms with Crippen molar-refractivity contribution in [2.24, 2.45) is 0 Å². The van der Waals surface area contributed by atoms with Gasteiger partial charge in [0, 0.05) is 28.5 Å².